The molecule has 1 amide bonds. The molecule has 0 spiro atoms. The van der Waals surface area contributed by atoms with Crippen LogP contribution >= 0.6 is 0 Å². The fourth-order valence-electron chi connectivity index (χ4n) is 1.62. The van der Waals surface area contributed by atoms with Crippen LogP contribution in [-0.2, 0) is 4.79 Å². The maximum absolute atomic E-state index is 11.2. The van der Waals surface area contributed by atoms with Crippen LogP contribution in [0.4, 0.5) is 0 Å². The zero-order chi connectivity index (χ0) is 12.6. The third-order valence-electron chi connectivity index (χ3n) is 2.56. The molecule has 0 atom stereocenters. The molecule has 2 nitrogen and oxygen atoms in total. The molecule has 0 aliphatic carbocycles. The zero-order valence-corrected chi connectivity index (χ0v) is 10.9. The van der Waals surface area contributed by atoms with Gasteiger partial charge in [-0.2, -0.15) is 0 Å². The van der Waals surface area contributed by atoms with Gasteiger partial charge in [-0.1, -0.05) is 35.8 Å². The zero-order valence-electron chi connectivity index (χ0n) is 10.9. The van der Waals surface area contributed by atoms with Gasteiger partial charge in [-0.25, -0.2) is 0 Å². The molecule has 90 valence electrons. The molecule has 1 N–H and O–H groups in total. The van der Waals surface area contributed by atoms with Crippen molar-refractivity contribution in [3.8, 4) is 0 Å². The van der Waals surface area contributed by atoms with Crippen molar-refractivity contribution in [2.45, 2.75) is 40.0 Å². The van der Waals surface area contributed by atoms with E-state index < -0.39 is 0 Å². The fraction of sp³-hybridized carbons (Fsp3) is 0.500. The summed E-state index contributed by atoms with van der Waals surface area (Å²) in [5.74, 6) is 0.0586. The Labute approximate surface area is 99.1 Å². The van der Waals surface area contributed by atoms with Gasteiger partial charge < -0.3 is 5.32 Å². The molecule has 0 aromatic heterocycles. The van der Waals surface area contributed by atoms with Crippen LogP contribution in [0.15, 0.2) is 35.5 Å². The molecule has 2 heteroatoms. The van der Waals surface area contributed by atoms with E-state index in [2.05, 4.69) is 31.8 Å². The summed E-state index contributed by atoms with van der Waals surface area (Å²) < 4.78 is 0. The van der Waals surface area contributed by atoms with Gasteiger partial charge in [-0.3, -0.25) is 4.79 Å². The van der Waals surface area contributed by atoms with Gasteiger partial charge in [0, 0.05) is 13.5 Å². The van der Waals surface area contributed by atoms with Crippen LogP contribution in [0.1, 0.15) is 40.0 Å². The van der Waals surface area contributed by atoms with E-state index in [4.69, 9.17) is 0 Å². The molecule has 0 aliphatic heterocycles. The van der Waals surface area contributed by atoms with Crippen LogP contribution < -0.4 is 5.32 Å². The second-order valence-electron chi connectivity index (χ2n) is 3.97. The van der Waals surface area contributed by atoms with E-state index >= 15 is 0 Å². The minimum atomic E-state index is 0.0586. The quantitative estimate of drug-likeness (QED) is 0.540. The van der Waals surface area contributed by atoms with Crippen molar-refractivity contribution >= 4 is 5.91 Å². The van der Waals surface area contributed by atoms with Crippen LogP contribution in [0.25, 0.3) is 0 Å². The van der Waals surface area contributed by atoms with Gasteiger partial charge in [-0.05, 0) is 26.7 Å². The molecule has 16 heavy (non-hydrogen) atoms. The van der Waals surface area contributed by atoms with Crippen molar-refractivity contribution in [1.82, 2.24) is 5.32 Å². The van der Waals surface area contributed by atoms with Crippen molar-refractivity contribution in [3.63, 3.8) is 0 Å². The smallest absolute Gasteiger partial charge is 0.223 e. The summed E-state index contributed by atoms with van der Waals surface area (Å²) in [5.41, 5.74) is 3.72. The average molecular weight is 221 g/mol. The summed E-state index contributed by atoms with van der Waals surface area (Å²) >= 11 is 0. The molecule has 0 radical (unpaired) electrons. The summed E-state index contributed by atoms with van der Waals surface area (Å²) in [6.07, 6.45) is 6.44. The van der Waals surface area contributed by atoms with Gasteiger partial charge in [0.2, 0.25) is 5.91 Å². The standard InChI is InChI=1S/C14H23NO/c1-6-8-13(7-2)12(4)9-11(3)10-14(16)15-5/h6,9H,1,7-8,10H2,2-5H3,(H,15,16)/b11-9+,13-12-. The van der Waals surface area contributed by atoms with Crippen molar-refractivity contribution in [3.05, 3.63) is 35.5 Å². The first kappa shape index (κ1) is 14.7. The Bertz CT molecular complexity index is 311. The second-order valence-corrected chi connectivity index (χ2v) is 3.97. The average Bonchev–Trinajstić information content (AvgIpc) is 2.25. The van der Waals surface area contributed by atoms with Crippen molar-refractivity contribution in [2.24, 2.45) is 0 Å². The lowest BCUT2D eigenvalue weighted by atomic mass is 10.0. The number of amides is 1. The largest absolute Gasteiger partial charge is 0.359 e. The van der Waals surface area contributed by atoms with Crippen molar-refractivity contribution < 1.29 is 4.79 Å². The van der Waals surface area contributed by atoms with E-state index in [0.29, 0.717) is 6.42 Å². The fourth-order valence-corrected chi connectivity index (χ4v) is 1.62. The molecule has 0 bridgehead atoms. The Balaban J connectivity index is 4.70. The minimum absolute atomic E-state index is 0.0586. The third kappa shape index (κ3) is 5.54. The van der Waals surface area contributed by atoms with E-state index in [1.54, 1.807) is 7.05 Å². The lowest BCUT2D eigenvalue weighted by Crippen LogP contribution is -2.17. The summed E-state index contributed by atoms with van der Waals surface area (Å²) in [7, 11) is 1.66. The monoisotopic (exact) mass is 221 g/mol. The van der Waals surface area contributed by atoms with E-state index in [1.807, 2.05) is 13.0 Å². The van der Waals surface area contributed by atoms with Crippen LogP contribution in [0.3, 0.4) is 0 Å². The molecule has 0 aromatic rings. The topological polar surface area (TPSA) is 29.1 Å². The number of hydrogen-bond acceptors (Lipinski definition) is 1. The first-order chi connectivity index (χ1) is 7.54. The summed E-state index contributed by atoms with van der Waals surface area (Å²) in [6.45, 7) is 9.97. The lowest BCUT2D eigenvalue weighted by Gasteiger charge is -2.06. The van der Waals surface area contributed by atoms with Crippen LogP contribution in [0.2, 0.25) is 0 Å². The molecule has 0 heterocycles. The Morgan fingerprint density at radius 3 is 2.44 bits per heavy atom. The van der Waals surface area contributed by atoms with Gasteiger partial charge in [0.05, 0.1) is 0 Å². The third-order valence-corrected chi connectivity index (χ3v) is 2.56. The van der Waals surface area contributed by atoms with Gasteiger partial charge in [0.1, 0.15) is 0 Å². The SMILES string of the molecule is C=CC/C(CC)=C(C)\C=C(/C)CC(=O)NC. The number of allylic oxidation sites excluding steroid dienone is 4. The molecule has 0 rings (SSSR count). The minimum Gasteiger partial charge on any atom is -0.359 e. The van der Waals surface area contributed by atoms with Gasteiger partial charge >= 0.3 is 0 Å². The second kappa shape index (κ2) is 7.91. The lowest BCUT2D eigenvalue weighted by molar-refractivity contribution is -0.119. The summed E-state index contributed by atoms with van der Waals surface area (Å²) in [4.78, 5) is 11.2. The van der Waals surface area contributed by atoms with E-state index in [-0.39, 0.29) is 5.91 Å². The highest BCUT2D eigenvalue weighted by atomic mass is 16.1. The first-order valence-corrected chi connectivity index (χ1v) is 5.72. The maximum Gasteiger partial charge on any atom is 0.223 e. The Morgan fingerprint density at radius 1 is 1.38 bits per heavy atom. The number of hydrogen-bond donors (Lipinski definition) is 1. The molecule has 0 aliphatic rings. The highest BCUT2D eigenvalue weighted by Gasteiger charge is 2.01. The van der Waals surface area contributed by atoms with E-state index in [1.165, 1.54) is 11.1 Å². The number of carbonyl (C=O) groups excluding carboxylic acids is 1. The van der Waals surface area contributed by atoms with Gasteiger partial charge in [0.15, 0.2) is 0 Å². The summed E-state index contributed by atoms with van der Waals surface area (Å²) in [6, 6.07) is 0. The maximum atomic E-state index is 11.2. The van der Waals surface area contributed by atoms with Crippen molar-refractivity contribution in [1.29, 1.82) is 0 Å². The highest BCUT2D eigenvalue weighted by Crippen LogP contribution is 2.16. The van der Waals surface area contributed by atoms with Gasteiger partial charge in [-0.15, -0.1) is 6.58 Å². The van der Waals surface area contributed by atoms with Gasteiger partial charge in [0.25, 0.3) is 0 Å². The molecular formula is C14H23NO. The Hall–Kier alpha value is -1.31. The predicted molar refractivity (Wildman–Crippen MR) is 70.2 cm³/mol. The predicted octanol–water partition coefficient (Wildman–Crippen LogP) is 3.37. The number of nitrogens with one attached hydrogen (secondary N) is 1. The van der Waals surface area contributed by atoms with Crippen molar-refractivity contribution in [2.75, 3.05) is 7.05 Å². The normalized spacial score (nSPS) is 13.1. The molecule has 0 saturated carbocycles. The molecule has 0 fully saturated rings. The number of rotatable bonds is 6. The summed E-state index contributed by atoms with van der Waals surface area (Å²) in [5, 5.41) is 2.63. The van der Waals surface area contributed by atoms with E-state index in [9.17, 15) is 4.79 Å². The Kier molecular flexibility index (Phi) is 7.27. The van der Waals surface area contributed by atoms with E-state index in [0.717, 1.165) is 18.4 Å². The van der Waals surface area contributed by atoms with Crippen LogP contribution in [-0.4, -0.2) is 13.0 Å². The molecule has 0 aromatic carbocycles. The van der Waals surface area contributed by atoms with Crippen LogP contribution in [0.5, 0.6) is 0 Å². The molecule has 0 unspecified atom stereocenters. The molecule has 0 saturated heterocycles. The first-order valence-electron chi connectivity index (χ1n) is 5.72. The Morgan fingerprint density at radius 2 is 2.00 bits per heavy atom. The van der Waals surface area contributed by atoms with Crippen LogP contribution in [0, 0.1) is 0 Å². The number of carbonyl (C=O) groups is 1. The molecular weight excluding hydrogens is 198 g/mol. The highest BCUT2D eigenvalue weighted by molar-refractivity contribution is 5.78.